The Kier molecular flexibility index (Phi) is 3.92. The van der Waals surface area contributed by atoms with Crippen LogP contribution in [0.3, 0.4) is 0 Å². The SMILES string of the molecule is O=Cc1nnn(Cc2ccc([N+](=O)[O-])cc2)c1C1CCCO1. The van der Waals surface area contributed by atoms with Crippen LogP contribution in [0.2, 0.25) is 0 Å². The summed E-state index contributed by atoms with van der Waals surface area (Å²) in [7, 11) is 0. The molecule has 114 valence electrons. The molecule has 0 bridgehead atoms. The van der Waals surface area contributed by atoms with Crippen molar-refractivity contribution in [1.82, 2.24) is 15.0 Å². The maximum absolute atomic E-state index is 11.1. The number of hydrogen-bond acceptors (Lipinski definition) is 6. The number of hydrogen-bond donors (Lipinski definition) is 0. The lowest BCUT2D eigenvalue weighted by Crippen LogP contribution is -2.11. The van der Waals surface area contributed by atoms with Crippen molar-refractivity contribution in [3.63, 3.8) is 0 Å². The van der Waals surface area contributed by atoms with E-state index in [0.717, 1.165) is 18.4 Å². The van der Waals surface area contributed by atoms with Gasteiger partial charge in [-0.1, -0.05) is 17.3 Å². The molecule has 0 N–H and O–H groups in total. The first-order valence-electron chi connectivity index (χ1n) is 6.92. The molecule has 3 rings (SSSR count). The van der Waals surface area contributed by atoms with Crippen LogP contribution < -0.4 is 0 Å². The monoisotopic (exact) mass is 302 g/mol. The summed E-state index contributed by atoms with van der Waals surface area (Å²) in [5.41, 5.74) is 1.84. The van der Waals surface area contributed by atoms with E-state index in [1.165, 1.54) is 12.1 Å². The Morgan fingerprint density at radius 3 is 2.77 bits per heavy atom. The number of aromatic nitrogens is 3. The maximum Gasteiger partial charge on any atom is 0.269 e. The first-order chi connectivity index (χ1) is 10.7. The van der Waals surface area contributed by atoms with Crippen LogP contribution in [0.5, 0.6) is 0 Å². The highest BCUT2D eigenvalue weighted by Crippen LogP contribution is 2.30. The van der Waals surface area contributed by atoms with E-state index in [0.29, 0.717) is 25.1 Å². The normalized spacial score (nSPS) is 17.5. The van der Waals surface area contributed by atoms with Crippen LogP contribution in [0.1, 0.15) is 40.7 Å². The molecule has 0 saturated carbocycles. The van der Waals surface area contributed by atoms with Crippen molar-refractivity contribution in [1.29, 1.82) is 0 Å². The topological polar surface area (TPSA) is 100 Å². The summed E-state index contributed by atoms with van der Waals surface area (Å²) in [6, 6.07) is 6.22. The number of carbonyl (C=O) groups excluding carboxylic acids is 1. The third kappa shape index (κ3) is 2.73. The lowest BCUT2D eigenvalue weighted by molar-refractivity contribution is -0.384. The van der Waals surface area contributed by atoms with E-state index >= 15 is 0 Å². The van der Waals surface area contributed by atoms with E-state index in [9.17, 15) is 14.9 Å². The summed E-state index contributed by atoms with van der Waals surface area (Å²) in [5.74, 6) is 0. The molecule has 22 heavy (non-hydrogen) atoms. The molecule has 1 saturated heterocycles. The highest BCUT2D eigenvalue weighted by atomic mass is 16.6. The van der Waals surface area contributed by atoms with Crippen molar-refractivity contribution in [3.8, 4) is 0 Å². The van der Waals surface area contributed by atoms with Crippen LogP contribution >= 0.6 is 0 Å². The van der Waals surface area contributed by atoms with Gasteiger partial charge in [-0.15, -0.1) is 5.10 Å². The summed E-state index contributed by atoms with van der Waals surface area (Å²) >= 11 is 0. The van der Waals surface area contributed by atoms with Crippen molar-refractivity contribution in [2.24, 2.45) is 0 Å². The number of nitro benzene ring substituents is 1. The van der Waals surface area contributed by atoms with Crippen molar-refractivity contribution < 1.29 is 14.5 Å². The second-order valence-electron chi connectivity index (χ2n) is 5.06. The summed E-state index contributed by atoms with van der Waals surface area (Å²) in [5, 5.41) is 18.5. The predicted octanol–water partition coefficient (Wildman–Crippen LogP) is 1.90. The number of nitrogens with zero attached hydrogens (tertiary/aromatic N) is 4. The van der Waals surface area contributed by atoms with Gasteiger partial charge < -0.3 is 4.74 Å². The first-order valence-corrected chi connectivity index (χ1v) is 6.92. The molecule has 0 radical (unpaired) electrons. The minimum atomic E-state index is -0.443. The van der Waals surface area contributed by atoms with Crippen LogP contribution in [0.25, 0.3) is 0 Å². The van der Waals surface area contributed by atoms with Crippen LogP contribution in [0.15, 0.2) is 24.3 Å². The van der Waals surface area contributed by atoms with Gasteiger partial charge >= 0.3 is 0 Å². The zero-order valence-corrected chi connectivity index (χ0v) is 11.7. The zero-order chi connectivity index (χ0) is 15.5. The molecule has 1 fully saturated rings. The van der Waals surface area contributed by atoms with E-state index in [1.807, 2.05) is 0 Å². The first kappa shape index (κ1) is 14.3. The zero-order valence-electron chi connectivity index (χ0n) is 11.7. The minimum Gasteiger partial charge on any atom is -0.372 e. The molecule has 2 heterocycles. The summed E-state index contributed by atoms with van der Waals surface area (Å²) in [6.45, 7) is 1.04. The van der Waals surface area contributed by atoms with E-state index < -0.39 is 4.92 Å². The third-order valence-electron chi connectivity index (χ3n) is 3.63. The maximum atomic E-state index is 11.1. The average molecular weight is 302 g/mol. The smallest absolute Gasteiger partial charge is 0.269 e. The predicted molar refractivity (Wildman–Crippen MR) is 75.5 cm³/mol. The van der Waals surface area contributed by atoms with Crippen LogP contribution in [0, 0.1) is 10.1 Å². The number of carbonyl (C=O) groups is 1. The quantitative estimate of drug-likeness (QED) is 0.475. The van der Waals surface area contributed by atoms with Crippen molar-refractivity contribution >= 4 is 12.0 Å². The second-order valence-corrected chi connectivity index (χ2v) is 5.06. The number of ether oxygens (including phenoxy) is 1. The molecule has 1 aliphatic heterocycles. The lowest BCUT2D eigenvalue weighted by atomic mass is 10.1. The number of benzene rings is 1. The molecule has 1 unspecified atom stereocenters. The van der Waals surface area contributed by atoms with Crippen molar-refractivity contribution in [2.75, 3.05) is 6.61 Å². The molecule has 8 heteroatoms. The van der Waals surface area contributed by atoms with Gasteiger partial charge in [0.1, 0.15) is 6.10 Å². The van der Waals surface area contributed by atoms with E-state index in [1.54, 1.807) is 16.8 Å². The third-order valence-corrected chi connectivity index (χ3v) is 3.63. The molecule has 0 spiro atoms. The molecule has 2 aromatic rings. The van der Waals surface area contributed by atoms with Gasteiger partial charge in [0.05, 0.1) is 17.2 Å². The van der Waals surface area contributed by atoms with Gasteiger partial charge in [-0.05, 0) is 18.4 Å². The second kappa shape index (κ2) is 6.02. The largest absolute Gasteiger partial charge is 0.372 e. The molecule has 1 aromatic carbocycles. The van der Waals surface area contributed by atoms with Gasteiger partial charge in [-0.2, -0.15) is 0 Å². The van der Waals surface area contributed by atoms with Gasteiger partial charge in [-0.3, -0.25) is 14.9 Å². The highest BCUT2D eigenvalue weighted by Gasteiger charge is 2.26. The molecule has 0 amide bonds. The average Bonchev–Trinajstić information content (AvgIpc) is 3.16. The number of aldehydes is 1. The lowest BCUT2D eigenvalue weighted by Gasteiger charge is -2.12. The van der Waals surface area contributed by atoms with Crippen molar-refractivity contribution in [3.05, 3.63) is 51.3 Å². The Balaban J connectivity index is 1.87. The van der Waals surface area contributed by atoms with Gasteiger partial charge in [0.2, 0.25) is 0 Å². The van der Waals surface area contributed by atoms with Gasteiger partial charge in [0.25, 0.3) is 5.69 Å². The summed E-state index contributed by atoms with van der Waals surface area (Å²) < 4.78 is 7.25. The fraction of sp³-hybridized carbons (Fsp3) is 0.357. The summed E-state index contributed by atoms with van der Waals surface area (Å²) in [4.78, 5) is 21.3. The van der Waals surface area contributed by atoms with E-state index in [4.69, 9.17) is 4.74 Å². The van der Waals surface area contributed by atoms with E-state index in [2.05, 4.69) is 10.3 Å². The molecular formula is C14H14N4O4. The Labute approximate surface area is 125 Å². The van der Waals surface area contributed by atoms with Crippen LogP contribution in [-0.2, 0) is 11.3 Å². The highest BCUT2D eigenvalue weighted by molar-refractivity contribution is 5.73. The fourth-order valence-corrected chi connectivity index (χ4v) is 2.56. The van der Waals surface area contributed by atoms with Crippen molar-refractivity contribution in [2.45, 2.75) is 25.5 Å². The molecule has 1 atom stereocenters. The van der Waals surface area contributed by atoms with Crippen LogP contribution in [-0.4, -0.2) is 32.8 Å². The van der Waals surface area contributed by atoms with Gasteiger partial charge in [0, 0.05) is 18.7 Å². The molecule has 1 aromatic heterocycles. The summed E-state index contributed by atoms with van der Waals surface area (Å²) in [6.07, 6.45) is 2.27. The Hall–Kier alpha value is -2.61. The molecular weight excluding hydrogens is 288 g/mol. The Morgan fingerprint density at radius 2 is 2.18 bits per heavy atom. The van der Waals surface area contributed by atoms with Gasteiger partial charge in [-0.25, -0.2) is 4.68 Å². The van der Waals surface area contributed by atoms with Gasteiger partial charge in [0.15, 0.2) is 12.0 Å². The Morgan fingerprint density at radius 1 is 1.41 bits per heavy atom. The standard InChI is InChI=1S/C14H14N4O4/c19-9-12-14(13-2-1-7-22-13)17(16-15-12)8-10-3-5-11(6-4-10)18(20)21/h3-6,9,13H,1-2,7-8H2. The molecule has 1 aliphatic rings. The number of non-ortho nitro benzene ring substituents is 1. The van der Waals surface area contributed by atoms with Crippen LogP contribution in [0.4, 0.5) is 5.69 Å². The number of nitro groups is 1. The fourth-order valence-electron chi connectivity index (χ4n) is 2.56. The molecule has 0 aliphatic carbocycles. The van der Waals surface area contributed by atoms with E-state index in [-0.39, 0.29) is 17.5 Å². The minimum absolute atomic E-state index is 0.0373. The Bertz CT molecular complexity index is 689. The number of rotatable bonds is 5. The molecule has 8 nitrogen and oxygen atoms in total.